The summed E-state index contributed by atoms with van der Waals surface area (Å²) in [7, 11) is 0. The van der Waals surface area contributed by atoms with Crippen LogP contribution in [0.1, 0.15) is 108 Å². The second-order valence-electron chi connectivity index (χ2n) is 7.68. The molecule has 1 aromatic heterocycles. The molecule has 0 saturated carbocycles. The zero-order valence-electron chi connectivity index (χ0n) is 15.1. The second kappa shape index (κ2) is 7.81. The summed E-state index contributed by atoms with van der Waals surface area (Å²) in [6.45, 7) is 2.26. The fourth-order valence-corrected chi connectivity index (χ4v) is 4.61. The topological polar surface area (TPSA) is 65.5 Å². The van der Waals surface area contributed by atoms with Crippen LogP contribution in [0.4, 0.5) is 0 Å². The standard InChI is InChI=1S/C20H33NO3/c1-2-3-4-5-6-7-8-9-10-11-13-20-14-12-15(24-20)16-17(20)19(23)21-18(16)22/h15,21-23H,2-14H2,1H3. The molecule has 24 heavy (non-hydrogen) atoms. The first-order valence-electron chi connectivity index (χ1n) is 10.00. The van der Waals surface area contributed by atoms with Crippen molar-refractivity contribution in [3.8, 4) is 11.8 Å². The smallest absolute Gasteiger partial charge is 0.197 e. The minimum absolute atomic E-state index is 0.0275. The van der Waals surface area contributed by atoms with Crippen LogP contribution in [0.15, 0.2) is 0 Å². The van der Waals surface area contributed by atoms with Gasteiger partial charge in [-0.05, 0) is 19.3 Å². The molecular formula is C20H33NO3. The van der Waals surface area contributed by atoms with Crippen molar-refractivity contribution in [2.45, 2.75) is 102 Å². The highest BCUT2D eigenvalue weighted by atomic mass is 16.5. The third-order valence-electron chi connectivity index (χ3n) is 5.89. The Morgan fingerprint density at radius 2 is 1.58 bits per heavy atom. The Kier molecular flexibility index (Phi) is 5.75. The number of unbranched alkanes of at least 4 members (excludes halogenated alkanes) is 9. The molecule has 1 saturated heterocycles. The van der Waals surface area contributed by atoms with Crippen LogP contribution in [0.3, 0.4) is 0 Å². The second-order valence-corrected chi connectivity index (χ2v) is 7.68. The quantitative estimate of drug-likeness (QED) is 0.448. The summed E-state index contributed by atoms with van der Waals surface area (Å²) in [5.74, 6) is 0.203. The van der Waals surface area contributed by atoms with Crippen molar-refractivity contribution in [3.05, 3.63) is 11.1 Å². The monoisotopic (exact) mass is 335 g/mol. The van der Waals surface area contributed by atoms with E-state index in [0.717, 1.165) is 36.8 Å². The molecule has 3 heterocycles. The zero-order valence-corrected chi connectivity index (χ0v) is 15.1. The summed E-state index contributed by atoms with van der Waals surface area (Å²) < 4.78 is 6.17. The Bertz CT molecular complexity index is 539. The van der Waals surface area contributed by atoms with E-state index in [-0.39, 0.29) is 23.5 Å². The highest BCUT2D eigenvalue weighted by molar-refractivity contribution is 5.53. The maximum absolute atomic E-state index is 10.1. The maximum Gasteiger partial charge on any atom is 0.197 e. The van der Waals surface area contributed by atoms with Crippen LogP contribution in [-0.2, 0) is 10.3 Å². The molecule has 4 heteroatoms. The summed E-state index contributed by atoms with van der Waals surface area (Å²) in [6, 6.07) is 0. The van der Waals surface area contributed by atoms with Crippen LogP contribution in [0.2, 0.25) is 0 Å². The lowest BCUT2D eigenvalue weighted by Gasteiger charge is -2.25. The number of aromatic hydroxyl groups is 2. The van der Waals surface area contributed by atoms with E-state index in [0.29, 0.717) is 0 Å². The van der Waals surface area contributed by atoms with Gasteiger partial charge in [0.05, 0.1) is 22.8 Å². The van der Waals surface area contributed by atoms with E-state index >= 15 is 0 Å². The highest BCUT2D eigenvalue weighted by Gasteiger charge is 2.54. The number of aromatic amines is 1. The normalized spacial score (nSPS) is 24.6. The minimum atomic E-state index is -0.346. The van der Waals surface area contributed by atoms with E-state index in [1.54, 1.807) is 0 Å². The first-order valence-corrected chi connectivity index (χ1v) is 10.00. The van der Waals surface area contributed by atoms with Crippen LogP contribution in [0, 0.1) is 0 Å². The molecule has 0 spiro atoms. The fraction of sp³-hybridized carbons (Fsp3) is 0.800. The van der Waals surface area contributed by atoms with Crippen LogP contribution < -0.4 is 0 Å². The molecule has 1 aromatic rings. The van der Waals surface area contributed by atoms with Crippen LogP contribution in [-0.4, -0.2) is 15.2 Å². The predicted molar refractivity (Wildman–Crippen MR) is 95.3 cm³/mol. The summed E-state index contributed by atoms with van der Waals surface area (Å²) >= 11 is 0. The average Bonchev–Trinajstić information content (AvgIpc) is 3.21. The Morgan fingerprint density at radius 1 is 0.958 bits per heavy atom. The number of ether oxygens (including phenoxy) is 1. The Balaban J connectivity index is 1.36. The number of fused-ring (bicyclic) bond motifs is 5. The van der Waals surface area contributed by atoms with E-state index < -0.39 is 0 Å². The van der Waals surface area contributed by atoms with Crippen LogP contribution in [0.5, 0.6) is 11.8 Å². The van der Waals surface area contributed by atoms with E-state index in [2.05, 4.69) is 11.9 Å². The number of hydrogen-bond donors (Lipinski definition) is 3. The lowest BCUT2D eigenvalue weighted by Crippen LogP contribution is -2.22. The number of H-pyrrole nitrogens is 1. The van der Waals surface area contributed by atoms with Crippen molar-refractivity contribution in [1.29, 1.82) is 0 Å². The molecule has 4 nitrogen and oxygen atoms in total. The van der Waals surface area contributed by atoms with Crippen molar-refractivity contribution in [1.82, 2.24) is 4.98 Å². The molecular weight excluding hydrogens is 302 g/mol. The van der Waals surface area contributed by atoms with Crippen molar-refractivity contribution >= 4 is 0 Å². The lowest BCUT2D eigenvalue weighted by molar-refractivity contribution is -0.0311. The molecule has 136 valence electrons. The van der Waals surface area contributed by atoms with Gasteiger partial charge in [-0.25, -0.2) is 0 Å². The molecule has 2 atom stereocenters. The average molecular weight is 335 g/mol. The van der Waals surface area contributed by atoms with Gasteiger partial charge in [0.25, 0.3) is 0 Å². The van der Waals surface area contributed by atoms with Crippen molar-refractivity contribution in [3.63, 3.8) is 0 Å². The van der Waals surface area contributed by atoms with Gasteiger partial charge in [0.15, 0.2) is 11.8 Å². The van der Waals surface area contributed by atoms with Gasteiger partial charge < -0.3 is 14.9 Å². The van der Waals surface area contributed by atoms with Gasteiger partial charge in [-0.15, -0.1) is 0 Å². The fourth-order valence-electron chi connectivity index (χ4n) is 4.61. The summed E-state index contributed by atoms with van der Waals surface area (Å²) in [6.07, 6.45) is 16.1. The van der Waals surface area contributed by atoms with Crippen LogP contribution >= 0.6 is 0 Å². The third-order valence-corrected chi connectivity index (χ3v) is 5.89. The third kappa shape index (κ3) is 3.44. The molecule has 2 unspecified atom stereocenters. The zero-order chi connectivity index (χ0) is 17.0. The minimum Gasteiger partial charge on any atom is -0.494 e. The molecule has 2 aliphatic rings. The highest BCUT2D eigenvalue weighted by Crippen LogP contribution is 2.61. The molecule has 1 fully saturated rings. The largest absolute Gasteiger partial charge is 0.494 e. The number of aromatic nitrogens is 1. The SMILES string of the molecule is CCCCCCCCCCCCC12CCC(O1)c1c(O)[nH]c(O)c12. The van der Waals surface area contributed by atoms with Crippen molar-refractivity contribution in [2.75, 3.05) is 0 Å². The molecule has 0 amide bonds. The van der Waals surface area contributed by atoms with Gasteiger partial charge in [-0.1, -0.05) is 71.1 Å². The molecule has 2 bridgehead atoms. The Morgan fingerprint density at radius 3 is 2.25 bits per heavy atom. The number of nitrogens with one attached hydrogen (secondary N) is 1. The maximum atomic E-state index is 10.1. The van der Waals surface area contributed by atoms with Crippen molar-refractivity contribution < 1.29 is 14.9 Å². The molecule has 2 aliphatic heterocycles. The van der Waals surface area contributed by atoms with E-state index in [9.17, 15) is 10.2 Å². The molecule has 0 aliphatic carbocycles. The number of rotatable bonds is 11. The molecule has 0 radical (unpaired) electrons. The van der Waals surface area contributed by atoms with E-state index in [1.165, 1.54) is 57.8 Å². The first kappa shape index (κ1) is 17.7. The summed E-state index contributed by atoms with van der Waals surface area (Å²) in [5.41, 5.74) is 1.31. The van der Waals surface area contributed by atoms with Gasteiger partial charge in [0.2, 0.25) is 0 Å². The van der Waals surface area contributed by atoms with Gasteiger partial charge in [0, 0.05) is 0 Å². The van der Waals surface area contributed by atoms with Crippen molar-refractivity contribution in [2.24, 2.45) is 0 Å². The van der Waals surface area contributed by atoms with Gasteiger partial charge in [-0.3, -0.25) is 4.98 Å². The molecule has 0 aromatic carbocycles. The summed E-state index contributed by atoms with van der Waals surface area (Å²) in [4.78, 5) is 2.67. The molecule has 3 N–H and O–H groups in total. The number of hydrogen-bond acceptors (Lipinski definition) is 3. The van der Waals surface area contributed by atoms with E-state index in [1.807, 2.05) is 0 Å². The van der Waals surface area contributed by atoms with Gasteiger partial charge in [0.1, 0.15) is 0 Å². The van der Waals surface area contributed by atoms with Crippen LogP contribution in [0.25, 0.3) is 0 Å². The van der Waals surface area contributed by atoms with Gasteiger partial charge in [-0.2, -0.15) is 0 Å². The first-order chi connectivity index (χ1) is 11.7. The van der Waals surface area contributed by atoms with Gasteiger partial charge >= 0.3 is 0 Å². The Hall–Kier alpha value is -1.16. The Labute approximate surface area is 145 Å². The van der Waals surface area contributed by atoms with E-state index in [4.69, 9.17) is 4.74 Å². The predicted octanol–water partition coefficient (Wildman–Crippen LogP) is 5.80. The summed E-state index contributed by atoms with van der Waals surface area (Å²) in [5, 5.41) is 20.0. The molecule has 3 rings (SSSR count). The lowest BCUT2D eigenvalue weighted by atomic mass is 9.81.